The molecule has 3 N–H and O–H groups in total. The number of phenols is 1. The van der Waals surface area contributed by atoms with Gasteiger partial charge in [-0.15, -0.1) is 0 Å². The summed E-state index contributed by atoms with van der Waals surface area (Å²) in [5.41, 5.74) is 3.35. The first-order valence-electron chi connectivity index (χ1n) is 18.4. The number of hydrogen-bond acceptors (Lipinski definition) is 11. The van der Waals surface area contributed by atoms with Crippen LogP contribution in [0.5, 0.6) is 28.7 Å². The minimum atomic E-state index is -4.55. The highest BCUT2D eigenvalue weighted by Crippen LogP contribution is 2.58. The van der Waals surface area contributed by atoms with E-state index >= 15 is 0 Å². The van der Waals surface area contributed by atoms with Gasteiger partial charge in [0, 0.05) is 53.9 Å². The lowest BCUT2D eigenvalue weighted by Gasteiger charge is -2.60. The molecule has 13 nitrogen and oxygen atoms in total. The molecule has 7 rings (SSSR count). The number of benzene rings is 3. The van der Waals surface area contributed by atoms with Gasteiger partial charge in [0.25, 0.3) is 0 Å². The predicted octanol–water partition coefficient (Wildman–Crippen LogP) is 4.80. The second-order valence-electron chi connectivity index (χ2n) is 14.8. The lowest BCUT2D eigenvalue weighted by atomic mass is 9.71. The number of aromatic hydroxyl groups is 1. The molecule has 1 saturated heterocycles. The number of aryl methyl sites for hydroxylation is 1. The molecule has 0 aromatic heterocycles. The summed E-state index contributed by atoms with van der Waals surface area (Å²) in [5.74, 6) is -0.439. The molecule has 16 heteroatoms. The van der Waals surface area contributed by atoms with Crippen molar-refractivity contribution in [3.63, 3.8) is 0 Å². The van der Waals surface area contributed by atoms with Gasteiger partial charge in [-0.2, -0.15) is 18.4 Å². The fourth-order valence-electron chi connectivity index (χ4n) is 8.98. The summed E-state index contributed by atoms with van der Waals surface area (Å²) in [5, 5.41) is 28.1. The van der Waals surface area contributed by atoms with E-state index in [9.17, 15) is 37.9 Å². The normalized spacial score (nSPS) is 22.8. The number of carbonyl (C=O) groups excluding carboxylic acids is 3. The molecule has 57 heavy (non-hydrogen) atoms. The number of nitrogens with zero attached hydrogens (tertiary/aromatic N) is 3. The summed E-state index contributed by atoms with van der Waals surface area (Å²) in [4.78, 5) is 43.2. The SMILES string of the molecule is COc1c(C)cc2c(c1O)[C@@H]1C3Cc4c(OC(C)=O)c(C)c5c(c4[C@H](CNC(=O)[C@@H](C)NC(=O)C=Cc4cccc(C(F)(F)F)c4)N3[C@@H](C#N)[C@H](C2)N1C)OCO5. The zero-order valence-electron chi connectivity index (χ0n) is 32.1. The molecule has 4 heterocycles. The molecule has 0 radical (unpaired) electrons. The molecular formula is C41H42F3N5O8. The van der Waals surface area contributed by atoms with E-state index in [1.54, 1.807) is 6.92 Å². The van der Waals surface area contributed by atoms with Gasteiger partial charge in [0.1, 0.15) is 17.8 Å². The number of fused-ring (bicyclic) bond motifs is 9. The topological polar surface area (TPSA) is 163 Å². The first kappa shape index (κ1) is 39.4. The van der Waals surface area contributed by atoms with Gasteiger partial charge in [-0.3, -0.25) is 24.2 Å². The number of piperazine rings is 1. The van der Waals surface area contributed by atoms with E-state index in [-0.39, 0.29) is 42.9 Å². The van der Waals surface area contributed by atoms with E-state index in [2.05, 4.69) is 21.6 Å². The number of likely N-dealkylation sites (N-methyl/N-ethyl adjacent to an activating group) is 1. The lowest BCUT2D eigenvalue weighted by molar-refractivity contribution is -0.137. The van der Waals surface area contributed by atoms with Crippen LogP contribution in [0.15, 0.2) is 36.4 Å². The highest BCUT2D eigenvalue weighted by atomic mass is 19.4. The van der Waals surface area contributed by atoms with Crippen molar-refractivity contribution in [1.82, 2.24) is 20.4 Å². The van der Waals surface area contributed by atoms with E-state index in [1.165, 1.54) is 39.2 Å². The van der Waals surface area contributed by atoms with Crippen molar-refractivity contribution in [1.29, 1.82) is 5.26 Å². The summed E-state index contributed by atoms with van der Waals surface area (Å²) < 4.78 is 63.0. The summed E-state index contributed by atoms with van der Waals surface area (Å²) >= 11 is 0. The lowest BCUT2D eigenvalue weighted by Crippen LogP contribution is -2.69. The van der Waals surface area contributed by atoms with Crippen LogP contribution >= 0.6 is 0 Å². The third-order valence-corrected chi connectivity index (χ3v) is 11.4. The highest BCUT2D eigenvalue weighted by Gasteiger charge is 2.57. The molecule has 2 bridgehead atoms. The van der Waals surface area contributed by atoms with Crippen LogP contribution in [0.4, 0.5) is 13.2 Å². The number of carbonyl (C=O) groups is 3. The van der Waals surface area contributed by atoms with Gasteiger partial charge in [-0.1, -0.05) is 18.2 Å². The van der Waals surface area contributed by atoms with Crippen molar-refractivity contribution in [2.24, 2.45) is 0 Å². The van der Waals surface area contributed by atoms with Gasteiger partial charge in [0.15, 0.2) is 23.0 Å². The van der Waals surface area contributed by atoms with Gasteiger partial charge in [0.2, 0.25) is 18.6 Å². The number of nitriles is 1. The third kappa shape index (κ3) is 6.88. The average molecular weight is 790 g/mol. The Hall–Kier alpha value is -5.79. The molecule has 1 fully saturated rings. The van der Waals surface area contributed by atoms with Gasteiger partial charge in [-0.05, 0) is 75.6 Å². The van der Waals surface area contributed by atoms with Crippen LogP contribution in [-0.4, -0.2) is 84.4 Å². The maximum Gasteiger partial charge on any atom is 0.416 e. The number of alkyl halides is 3. The van der Waals surface area contributed by atoms with E-state index in [4.69, 9.17) is 18.9 Å². The maximum atomic E-state index is 13.7. The Morgan fingerprint density at radius 2 is 1.84 bits per heavy atom. The molecule has 2 amide bonds. The molecule has 0 spiro atoms. The first-order chi connectivity index (χ1) is 27.0. The molecule has 4 aliphatic rings. The number of esters is 1. The molecule has 3 aromatic carbocycles. The minimum absolute atomic E-state index is 0.00237. The zero-order valence-corrected chi connectivity index (χ0v) is 32.1. The van der Waals surface area contributed by atoms with Gasteiger partial charge in [-0.25, -0.2) is 0 Å². The molecule has 6 atom stereocenters. The summed E-state index contributed by atoms with van der Waals surface area (Å²) in [6.45, 7) is 6.18. The molecule has 300 valence electrons. The quantitative estimate of drug-likeness (QED) is 0.163. The fraction of sp³-hybridized carbons (Fsp3) is 0.415. The Bertz CT molecular complexity index is 2240. The van der Waals surface area contributed by atoms with Crippen molar-refractivity contribution in [2.75, 3.05) is 27.5 Å². The van der Waals surface area contributed by atoms with E-state index in [0.717, 1.165) is 29.3 Å². The highest BCUT2D eigenvalue weighted by molar-refractivity contribution is 5.95. The van der Waals surface area contributed by atoms with Crippen molar-refractivity contribution in [3.8, 4) is 34.8 Å². The summed E-state index contributed by atoms with van der Waals surface area (Å²) in [6.07, 6.45) is -1.58. The number of halogens is 3. The average Bonchev–Trinajstić information content (AvgIpc) is 3.65. The molecule has 1 unspecified atom stereocenters. The van der Waals surface area contributed by atoms with Gasteiger partial charge >= 0.3 is 12.1 Å². The molecular weight excluding hydrogens is 747 g/mol. The molecule has 0 saturated carbocycles. The van der Waals surface area contributed by atoms with Crippen molar-refractivity contribution >= 4 is 23.9 Å². The van der Waals surface area contributed by atoms with Gasteiger partial charge < -0.3 is 34.7 Å². The number of phenolic OH excluding ortho intramolecular Hbond substituents is 1. The van der Waals surface area contributed by atoms with Crippen LogP contribution in [0, 0.1) is 25.2 Å². The fourth-order valence-corrected chi connectivity index (χ4v) is 8.98. The van der Waals surface area contributed by atoms with Crippen LogP contribution < -0.4 is 29.6 Å². The Kier molecular flexibility index (Phi) is 10.3. The number of methoxy groups -OCH3 is 1. The Balaban J connectivity index is 1.25. The van der Waals surface area contributed by atoms with E-state index < -0.39 is 59.7 Å². The molecule has 3 aromatic rings. The number of nitrogens with one attached hydrogen (secondary N) is 2. The smallest absolute Gasteiger partial charge is 0.416 e. The molecule has 4 aliphatic heterocycles. The van der Waals surface area contributed by atoms with Crippen LogP contribution in [0.1, 0.15) is 70.4 Å². The van der Waals surface area contributed by atoms with Crippen LogP contribution in [0.2, 0.25) is 0 Å². The van der Waals surface area contributed by atoms with Crippen molar-refractivity contribution in [2.45, 2.75) is 83.0 Å². The second-order valence-corrected chi connectivity index (χ2v) is 14.8. The number of hydrogen-bond donors (Lipinski definition) is 3. The predicted molar refractivity (Wildman–Crippen MR) is 199 cm³/mol. The summed E-state index contributed by atoms with van der Waals surface area (Å²) in [7, 11) is 3.41. The second kappa shape index (κ2) is 14.9. The Labute approximate surface area is 326 Å². The number of rotatable bonds is 8. The maximum absolute atomic E-state index is 13.7. The van der Waals surface area contributed by atoms with Crippen molar-refractivity contribution < 1.29 is 51.6 Å². The molecule has 0 aliphatic carbocycles. The van der Waals surface area contributed by atoms with E-state index in [0.29, 0.717) is 45.9 Å². The Morgan fingerprint density at radius 1 is 1.11 bits per heavy atom. The first-order valence-corrected chi connectivity index (χ1v) is 18.4. The standard InChI is InChI=1S/C41H42F3N5O8/c1-19-12-24-14-27-29(16-45)49-28(34(48(27)5)32(24)35(52)36(19)54-6)15-26-33(39-38(55-18-56-39)20(2)37(26)57-22(4)50)30(49)17-46-40(53)21(3)47-31(51)11-10-23-8-7-9-25(13-23)41(42,43)44/h7-13,21,27-30,34,52H,14-15,17-18H2,1-6H3,(H,46,53)(H,47,51)/t21-,27+,28?,29+,30+,34+/m1/s1. The van der Waals surface area contributed by atoms with Crippen molar-refractivity contribution in [3.05, 3.63) is 80.9 Å². The van der Waals surface area contributed by atoms with Gasteiger partial charge in [0.05, 0.1) is 30.8 Å². The zero-order chi connectivity index (χ0) is 41.1. The number of ether oxygens (including phenoxy) is 4. The van der Waals surface area contributed by atoms with Crippen LogP contribution in [-0.2, 0) is 33.4 Å². The van der Waals surface area contributed by atoms with Crippen LogP contribution in [0.3, 0.4) is 0 Å². The minimum Gasteiger partial charge on any atom is -0.504 e. The van der Waals surface area contributed by atoms with E-state index in [1.807, 2.05) is 24.9 Å². The Morgan fingerprint density at radius 3 is 2.53 bits per heavy atom. The third-order valence-electron chi connectivity index (χ3n) is 11.4. The summed E-state index contributed by atoms with van der Waals surface area (Å²) in [6, 6.07) is 5.14. The monoisotopic (exact) mass is 789 g/mol. The number of amides is 2. The van der Waals surface area contributed by atoms with Crippen LogP contribution in [0.25, 0.3) is 6.08 Å². The largest absolute Gasteiger partial charge is 0.504 e.